The van der Waals surface area contributed by atoms with Crippen LogP contribution >= 0.6 is 12.6 Å². The molecule has 3 heteroatoms. The molecule has 1 rings (SSSR count). The van der Waals surface area contributed by atoms with Crippen LogP contribution in [0.1, 0.15) is 32.6 Å². The molecular formula is C11H17NOS. The van der Waals surface area contributed by atoms with Crippen LogP contribution in [0.5, 0.6) is 0 Å². The summed E-state index contributed by atoms with van der Waals surface area (Å²) in [5, 5.41) is 2.87. The predicted octanol–water partition coefficient (Wildman–Crippen LogP) is 1.62. The van der Waals surface area contributed by atoms with Crippen molar-refractivity contribution in [2.45, 2.75) is 32.6 Å². The minimum atomic E-state index is 0.148. The van der Waals surface area contributed by atoms with Crippen molar-refractivity contribution in [2.24, 2.45) is 5.41 Å². The van der Waals surface area contributed by atoms with Crippen LogP contribution in [0, 0.1) is 17.3 Å². The van der Waals surface area contributed by atoms with Gasteiger partial charge in [-0.1, -0.05) is 0 Å². The van der Waals surface area contributed by atoms with Crippen LogP contribution in [0.2, 0.25) is 0 Å². The normalized spacial score (nSPS) is 16.7. The van der Waals surface area contributed by atoms with E-state index in [2.05, 4.69) is 29.8 Å². The first kappa shape index (κ1) is 11.5. The topological polar surface area (TPSA) is 29.1 Å². The lowest BCUT2D eigenvalue weighted by molar-refractivity contribution is -0.122. The maximum Gasteiger partial charge on any atom is 0.220 e. The second kappa shape index (κ2) is 5.31. The molecule has 0 aromatic rings. The van der Waals surface area contributed by atoms with E-state index in [9.17, 15) is 4.79 Å². The number of carbonyl (C=O) groups excluding carboxylic acids is 1. The summed E-state index contributed by atoms with van der Waals surface area (Å²) in [6, 6.07) is 0. The largest absolute Gasteiger partial charge is 0.355 e. The van der Waals surface area contributed by atoms with Gasteiger partial charge in [0.15, 0.2) is 0 Å². The smallest absolute Gasteiger partial charge is 0.220 e. The van der Waals surface area contributed by atoms with Gasteiger partial charge in [0.2, 0.25) is 5.91 Å². The van der Waals surface area contributed by atoms with E-state index in [1.54, 1.807) is 0 Å². The molecule has 0 aliphatic heterocycles. The third-order valence-electron chi connectivity index (χ3n) is 2.58. The Labute approximate surface area is 91.2 Å². The Morgan fingerprint density at radius 3 is 2.79 bits per heavy atom. The number of nitrogens with one attached hydrogen (secondary N) is 1. The monoisotopic (exact) mass is 211 g/mol. The van der Waals surface area contributed by atoms with Crippen molar-refractivity contribution in [1.82, 2.24) is 5.32 Å². The number of hydrogen-bond acceptors (Lipinski definition) is 2. The molecule has 0 bridgehead atoms. The molecule has 1 aliphatic carbocycles. The number of carbonyl (C=O) groups is 1. The van der Waals surface area contributed by atoms with Gasteiger partial charge in [0.1, 0.15) is 0 Å². The third-order valence-corrected chi connectivity index (χ3v) is 3.25. The highest BCUT2D eigenvalue weighted by molar-refractivity contribution is 7.80. The van der Waals surface area contributed by atoms with Gasteiger partial charge in [0.25, 0.3) is 0 Å². The average Bonchev–Trinajstić information content (AvgIpc) is 2.93. The SMILES string of the molecule is CC#CCCNC(=O)CC1(CS)CC1. The average molecular weight is 211 g/mol. The van der Waals surface area contributed by atoms with E-state index < -0.39 is 0 Å². The van der Waals surface area contributed by atoms with E-state index in [0.717, 1.165) is 25.0 Å². The van der Waals surface area contributed by atoms with Crippen LogP contribution in [0.15, 0.2) is 0 Å². The van der Waals surface area contributed by atoms with Gasteiger partial charge in [-0.05, 0) is 30.9 Å². The molecule has 1 N–H and O–H groups in total. The van der Waals surface area contributed by atoms with Gasteiger partial charge in [0.05, 0.1) is 0 Å². The molecule has 0 spiro atoms. The van der Waals surface area contributed by atoms with Gasteiger partial charge in [-0.25, -0.2) is 0 Å². The molecule has 1 aliphatic rings. The number of thiol groups is 1. The second-order valence-electron chi connectivity index (χ2n) is 3.86. The Bertz CT molecular complexity index is 260. The van der Waals surface area contributed by atoms with Crippen molar-refractivity contribution >= 4 is 18.5 Å². The third kappa shape index (κ3) is 3.63. The summed E-state index contributed by atoms with van der Waals surface area (Å²) < 4.78 is 0. The molecule has 1 fully saturated rings. The van der Waals surface area contributed by atoms with Crippen LogP contribution < -0.4 is 5.32 Å². The molecule has 2 nitrogen and oxygen atoms in total. The first-order chi connectivity index (χ1) is 6.72. The molecule has 78 valence electrons. The number of amides is 1. The molecule has 0 saturated heterocycles. The molecule has 0 radical (unpaired) electrons. The van der Waals surface area contributed by atoms with E-state index in [0.29, 0.717) is 13.0 Å². The minimum absolute atomic E-state index is 0.148. The number of rotatable bonds is 5. The molecule has 1 saturated carbocycles. The maximum absolute atomic E-state index is 11.4. The van der Waals surface area contributed by atoms with Crippen LogP contribution in [0.4, 0.5) is 0 Å². The first-order valence-electron chi connectivity index (χ1n) is 5.00. The van der Waals surface area contributed by atoms with E-state index in [4.69, 9.17) is 0 Å². The fraction of sp³-hybridized carbons (Fsp3) is 0.727. The van der Waals surface area contributed by atoms with Crippen molar-refractivity contribution in [3.8, 4) is 11.8 Å². The maximum atomic E-state index is 11.4. The van der Waals surface area contributed by atoms with Gasteiger partial charge >= 0.3 is 0 Å². The summed E-state index contributed by atoms with van der Waals surface area (Å²) in [6.45, 7) is 2.48. The zero-order valence-corrected chi connectivity index (χ0v) is 9.49. The van der Waals surface area contributed by atoms with E-state index in [1.807, 2.05) is 6.92 Å². The lowest BCUT2D eigenvalue weighted by Crippen LogP contribution is -2.27. The van der Waals surface area contributed by atoms with Crippen molar-refractivity contribution in [2.75, 3.05) is 12.3 Å². The second-order valence-corrected chi connectivity index (χ2v) is 4.18. The Balaban J connectivity index is 2.12. The number of hydrogen-bond donors (Lipinski definition) is 2. The summed E-state index contributed by atoms with van der Waals surface area (Å²) >= 11 is 4.26. The van der Waals surface area contributed by atoms with E-state index in [1.165, 1.54) is 0 Å². The lowest BCUT2D eigenvalue weighted by atomic mass is 10.1. The zero-order chi connectivity index (χ0) is 10.4. The summed E-state index contributed by atoms with van der Waals surface area (Å²) in [7, 11) is 0. The molecule has 0 atom stereocenters. The quantitative estimate of drug-likeness (QED) is 0.404. The summed E-state index contributed by atoms with van der Waals surface area (Å²) in [4.78, 5) is 11.4. The van der Waals surface area contributed by atoms with E-state index >= 15 is 0 Å². The van der Waals surface area contributed by atoms with E-state index in [-0.39, 0.29) is 11.3 Å². The summed E-state index contributed by atoms with van der Waals surface area (Å²) in [5.74, 6) is 6.69. The van der Waals surface area contributed by atoms with Gasteiger partial charge < -0.3 is 5.32 Å². The highest BCUT2D eigenvalue weighted by atomic mass is 32.1. The molecule has 0 aromatic carbocycles. The highest BCUT2D eigenvalue weighted by Gasteiger charge is 2.42. The van der Waals surface area contributed by atoms with Gasteiger partial charge in [0, 0.05) is 19.4 Å². The van der Waals surface area contributed by atoms with Crippen LogP contribution in [-0.4, -0.2) is 18.2 Å². The fourth-order valence-electron chi connectivity index (χ4n) is 1.36. The van der Waals surface area contributed by atoms with Crippen LogP contribution in [0.3, 0.4) is 0 Å². The Hall–Kier alpha value is -0.620. The van der Waals surface area contributed by atoms with Crippen molar-refractivity contribution < 1.29 is 4.79 Å². The van der Waals surface area contributed by atoms with Crippen molar-refractivity contribution in [1.29, 1.82) is 0 Å². The lowest BCUT2D eigenvalue weighted by Gasteiger charge is -2.10. The summed E-state index contributed by atoms with van der Waals surface area (Å²) in [5.41, 5.74) is 0.226. The van der Waals surface area contributed by atoms with Gasteiger partial charge in [-0.15, -0.1) is 11.8 Å². The molecule has 0 heterocycles. The highest BCUT2D eigenvalue weighted by Crippen LogP contribution is 2.49. The standard InChI is InChI=1S/C11H17NOS/c1-2-3-4-7-12-10(13)8-11(9-14)5-6-11/h14H,4-9H2,1H3,(H,12,13). The minimum Gasteiger partial charge on any atom is -0.355 e. The van der Waals surface area contributed by atoms with Crippen LogP contribution in [-0.2, 0) is 4.79 Å². The van der Waals surface area contributed by atoms with Gasteiger partial charge in [-0.2, -0.15) is 12.6 Å². The Morgan fingerprint density at radius 1 is 1.57 bits per heavy atom. The van der Waals surface area contributed by atoms with Crippen molar-refractivity contribution in [3.05, 3.63) is 0 Å². The fourth-order valence-corrected chi connectivity index (χ4v) is 1.79. The van der Waals surface area contributed by atoms with Crippen LogP contribution in [0.25, 0.3) is 0 Å². The molecular weight excluding hydrogens is 194 g/mol. The molecule has 0 unspecified atom stereocenters. The molecule has 14 heavy (non-hydrogen) atoms. The molecule has 1 amide bonds. The predicted molar refractivity (Wildman–Crippen MR) is 61.2 cm³/mol. The Kier molecular flexibility index (Phi) is 4.34. The van der Waals surface area contributed by atoms with Crippen molar-refractivity contribution in [3.63, 3.8) is 0 Å². The zero-order valence-electron chi connectivity index (χ0n) is 8.60. The first-order valence-corrected chi connectivity index (χ1v) is 5.63. The molecule has 0 aromatic heterocycles. The Morgan fingerprint density at radius 2 is 2.29 bits per heavy atom. The summed E-state index contributed by atoms with van der Waals surface area (Å²) in [6.07, 6.45) is 3.68. The van der Waals surface area contributed by atoms with Gasteiger partial charge in [-0.3, -0.25) is 4.79 Å².